The average molecular weight is 335 g/mol. The Labute approximate surface area is 146 Å². The highest BCUT2D eigenvalue weighted by Crippen LogP contribution is 2.30. The lowest BCUT2D eigenvalue weighted by atomic mass is 10.1. The molecule has 0 saturated carbocycles. The third kappa shape index (κ3) is 3.15. The molecule has 2 heterocycles. The van der Waals surface area contributed by atoms with Crippen LogP contribution in [0.25, 0.3) is 22.3 Å². The minimum absolute atomic E-state index is 0.303. The average Bonchev–Trinajstić information content (AvgIpc) is 2.67. The Kier molecular flexibility index (Phi) is 4.24. The van der Waals surface area contributed by atoms with E-state index in [9.17, 15) is 5.11 Å². The van der Waals surface area contributed by atoms with Crippen LogP contribution in [0.2, 0.25) is 0 Å². The number of para-hydroxylation sites is 1. The normalized spacial score (nSPS) is 17.7. The van der Waals surface area contributed by atoms with Crippen molar-refractivity contribution in [1.82, 2.24) is 9.97 Å². The molecule has 5 heteroatoms. The molecule has 3 aromatic rings. The van der Waals surface area contributed by atoms with E-state index >= 15 is 0 Å². The van der Waals surface area contributed by atoms with Gasteiger partial charge in [-0.15, -0.1) is 0 Å². The molecule has 1 fully saturated rings. The first-order valence-electron chi connectivity index (χ1n) is 8.59. The van der Waals surface area contributed by atoms with Gasteiger partial charge in [0.05, 0.1) is 18.7 Å². The van der Waals surface area contributed by atoms with Crippen LogP contribution in [-0.4, -0.2) is 41.4 Å². The van der Waals surface area contributed by atoms with Gasteiger partial charge in [0, 0.05) is 24.0 Å². The molecular formula is C20H21N3O2. The van der Waals surface area contributed by atoms with E-state index in [-0.39, 0.29) is 6.10 Å². The molecule has 1 aliphatic rings. The Morgan fingerprint density at radius 1 is 1.12 bits per heavy atom. The third-order valence-electron chi connectivity index (χ3n) is 4.61. The van der Waals surface area contributed by atoms with Gasteiger partial charge in [-0.25, -0.2) is 9.97 Å². The summed E-state index contributed by atoms with van der Waals surface area (Å²) in [7, 11) is 1.65. The maximum absolute atomic E-state index is 10.1. The number of rotatable bonds is 3. The quantitative estimate of drug-likeness (QED) is 0.796. The zero-order valence-corrected chi connectivity index (χ0v) is 14.2. The highest BCUT2D eigenvalue weighted by atomic mass is 16.5. The number of hydrogen-bond acceptors (Lipinski definition) is 5. The molecule has 2 aromatic carbocycles. The molecule has 1 aromatic heterocycles. The highest BCUT2D eigenvalue weighted by Gasteiger charge is 2.22. The maximum atomic E-state index is 10.1. The van der Waals surface area contributed by atoms with E-state index in [1.54, 1.807) is 7.11 Å². The van der Waals surface area contributed by atoms with Crippen LogP contribution in [0.1, 0.15) is 12.8 Å². The SMILES string of the molecule is COc1cccc(-c2nc(N3CCCC(O)C3)c3ccccc3n2)c1. The molecular weight excluding hydrogens is 314 g/mol. The molecule has 0 radical (unpaired) electrons. The number of hydrogen-bond donors (Lipinski definition) is 1. The van der Waals surface area contributed by atoms with Crippen LogP contribution in [0.3, 0.4) is 0 Å². The van der Waals surface area contributed by atoms with Crippen molar-refractivity contribution >= 4 is 16.7 Å². The van der Waals surface area contributed by atoms with Crippen molar-refractivity contribution < 1.29 is 9.84 Å². The minimum Gasteiger partial charge on any atom is -0.497 e. The van der Waals surface area contributed by atoms with Gasteiger partial charge in [0.25, 0.3) is 0 Å². The number of aliphatic hydroxyl groups excluding tert-OH is 1. The molecule has 4 rings (SSSR count). The first kappa shape index (κ1) is 15.8. The van der Waals surface area contributed by atoms with Crippen molar-refractivity contribution in [2.75, 3.05) is 25.1 Å². The highest BCUT2D eigenvalue weighted by molar-refractivity contribution is 5.91. The number of methoxy groups -OCH3 is 1. The zero-order chi connectivity index (χ0) is 17.2. The fourth-order valence-electron chi connectivity index (χ4n) is 3.34. The van der Waals surface area contributed by atoms with Crippen molar-refractivity contribution in [2.24, 2.45) is 0 Å². The van der Waals surface area contributed by atoms with Gasteiger partial charge in [-0.1, -0.05) is 24.3 Å². The Balaban J connectivity index is 1.86. The topological polar surface area (TPSA) is 58.5 Å². The summed E-state index contributed by atoms with van der Waals surface area (Å²) < 4.78 is 5.33. The zero-order valence-electron chi connectivity index (χ0n) is 14.2. The van der Waals surface area contributed by atoms with Crippen LogP contribution in [0.4, 0.5) is 5.82 Å². The predicted octanol–water partition coefficient (Wildman–Crippen LogP) is 3.27. The molecule has 0 amide bonds. The Morgan fingerprint density at radius 3 is 2.84 bits per heavy atom. The number of aliphatic hydroxyl groups is 1. The Morgan fingerprint density at radius 2 is 2.00 bits per heavy atom. The van der Waals surface area contributed by atoms with Gasteiger partial charge < -0.3 is 14.7 Å². The van der Waals surface area contributed by atoms with E-state index in [4.69, 9.17) is 14.7 Å². The second-order valence-electron chi connectivity index (χ2n) is 6.36. The molecule has 25 heavy (non-hydrogen) atoms. The monoisotopic (exact) mass is 335 g/mol. The van der Waals surface area contributed by atoms with Crippen LogP contribution >= 0.6 is 0 Å². The number of piperidine rings is 1. The standard InChI is InChI=1S/C20H21N3O2/c1-25-16-8-4-6-14(12-16)19-21-18-10-3-2-9-17(18)20(22-19)23-11-5-7-15(24)13-23/h2-4,6,8-10,12,15,24H,5,7,11,13H2,1H3. The lowest BCUT2D eigenvalue weighted by Gasteiger charge is -2.31. The lowest BCUT2D eigenvalue weighted by molar-refractivity contribution is 0.154. The summed E-state index contributed by atoms with van der Waals surface area (Å²) >= 11 is 0. The lowest BCUT2D eigenvalue weighted by Crippen LogP contribution is -2.38. The van der Waals surface area contributed by atoms with Crippen molar-refractivity contribution in [1.29, 1.82) is 0 Å². The first-order chi connectivity index (χ1) is 12.2. The molecule has 128 valence electrons. The Bertz CT molecular complexity index is 897. The second kappa shape index (κ2) is 6.69. The summed E-state index contributed by atoms with van der Waals surface area (Å²) in [5, 5.41) is 11.1. The Hall–Kier alpha value is -2.66. The summed E-state index contributed by atoms with van der Waals surface area (Å²) in [6.45, 7) is 1.51. The van der Waals surface area contributed by atoms with Crippen LogP contribution in [0, 0.1) is 0 Å². The van der Waals surface area contributed by atoms with Crippen molar-refractivity contribution in [3.05, 3.63) is 48.5 Å². The molecule has 1 atom stereocenters. The summed E-state index contributed by atoms with van der Waals surface area (Å²) in [4.78, 5) is 11.8. The molecule has 1 N–H and O–H groups in total. The van der Waals surface area contributed by atoms with Gasteiger partial charge in [0.15, 0.2) is 5.82 Å². The van der Waals surface area contributed by atoms with E-state index in [1.165, 1.54) is 0 Å². The second-order valence-corrected chi connectivity index (χ2v) is 6.36. The molecule has 1 saturated heterocycles. The molecule has 1 aliphatic heterocycles. The van der Waals surface area contributed by atoms with E-state index in [2.05, 4.69) is 4.90 Å². The molecule has 0 bridgehead atoms. The third-order valence-corrected chi connectivity index (χ3v) is 4.61. The molecule has 0 spiro atoms. The van der Waals surface area contributed by atoms with Gasteiger partial charge >= 0.3 is 0 Å². The minimum atomic E-state index is -0.303. The van der Waals surface area contributed by atoms with Gasteiger partial charge in [-0.05, 0) is 37.1 Å². The van der Waals surface area contributed by atoms with E-state index in [1.807, 2.05) is 48.5 Å². The molecule has 0 aliphatic carbocycles. The van der Waals surface area contributed by atoms with Crippen LogP contribution in [-0.2, 0) is 0 Å². The smallest absolute Gasteiger partial charge is 0.162 e. The van der Waals surface area contributed by atoms with Gasteiger partial charge in [-0.2, -0.15) is 0 Å². The van der Waals surface area contributed by atoms with Crippen LogP contribution < -0.4 is 9.64 Å². The van der Waals surface area contributed by atoms with Gasteiger partial charge in [0.2, 0.25) is 0 Å². The summed E-state index contributed by atoms with van der Waals surface area (Å²) in [5.41, 5.74) is 1.83. The van der Waals surface area contributed by atoms with Crippen LogP contribution in [0.5, 0.6) is 5.75 Å². The summed E-state index contributed by atoms with van der Waals surface area (Å²) in [6.07, 6.45) is 1.51. The fourth-order valence-corrected chi connectivity index (χ4v) is 3.34. The number of fused-ring (bicyclic) bond motifs is 1. The number of nitrogens with zero attached hydrogens (tertiary/aromatic N) is 3. The summed E-state index contributed by atoms with van der Waals surface area (Å²) in [5.74, 6) is 2.35. The number of benzene rings is 2. The van der Waals surface area contributed by atoms with Crippen LogP contribution in [0.15, 0.2) is 48.5 Å². The first-order valence-corrected chi connectivity index (χ1v) is 8.59. The van der Waals surface area contributed by atoms with Crippen molar-refractivity contribution in [3.8, 4) is 17.1 Å². The fraction of sp³-hybridized carbons (Fsp3) is 0.300. The molecule has 1 unspecified atom stereocenters. The van der Waals surface area contributed by atoms with E-state index in [0.29, 0.717) is 12.4 Å². The molecule has 5 nitrogen and oxygen atoms in total. The number of anilines is 1. The number of β-amino-alcohol motifs (C(OH)–C–C–N with tert-alkyl or cyclic N) is 1. The number of aromatic nitrogens is 2. The van der Waals surface area contributed by atoms with Gasteiger partial charge in [0.1, 0.15) is 11.6 Å². The van der Waals surface area contributed by atoms with E-state index in [0.717, 1.165) is 47.4 Å². The van der Waals surface area contributed by atoms with E-state index < -0.39 is 0 Å². The largest absolute Gasteiger partial charge is 0.497 e. The van der Waals surface area contributed by atoms with Crippen molar-refractivity contribution in [2.45, 2.75) is 18.9 Å². The van der Waals surface area contributed by atoms with Gasteiger partial charge in [-0.3, -0.25) is 0 Å². The predicted molar refractivity (Wildman–Crippen MR) is 99.0 cm³/mol. The maximum Gasteiger partial charge on any atom is 0.162 e. The number of ether oxygens (including phenoxy) is 1. The summed E-state index contributed by atoms with van der Waals surface area (Å²) in [6, 6.07) is 15.8. The van der Waals surface area contributed by atoms with Crippen molar-refractivity contribution in [3.63, 3.8) is 0 Å².